The molecule has 3 nitrogen and oxygen atoms in total. The molecule has 0 aromatic heterocycles. The number of benzene rings is 1. The van der Waals surface area contributed by atoms with Crippen LogP contribution in [0.15, 0.2) is 24.3 Å². The molecule has 0 aliphatic carbocycles. The molecule has 1 rings (SSSR count). The van der Waals surface area contributed by atoms with Crippen molar-refractivity contribution in [1.29, 1.82) is 0 Å². The first kappa shape index (κ1) is 8.39. The summed E-state index contributed by atoms with van der Waals surface area (Å²) in [7, 11) is 0. The maximum absolute atomic E-state index is 12.3. The topological polar surface area (TPSA) is 46.2 Å². The lowest BCUT2D eigenvalue weighted by molar-refractivity contribution is -0.108. The minimum absolute atomic E-state index is 0.253. The lowest BCUT2D eigenvalue weighted by Gasteiger charge is -1.96. The zero-order chi connectivity index (χ0) is 8.97. The molecule has 0 unspecified atom stereocenters. The van der Waals surface area contributed by atoms with Crippen molar-refractivity contribution in [3.8, 4) is 0 Å². The number of carbonyl (C=O) groups excluding carboxylic acids is 2. The standard InChI is InChI=1S/C8H6FNO2/c9-7-3-1-6(2-4-7)8(12)10-5-11/h1-5H,(H,10,11,12). The van der Waals surface area contributed by atoms with Crippen LogP contribution in [0.3, 0.4) is 0 Å². The predicted octanol–water partition coefficient (Wildman–Crippen LogP) is 0.712. The van der Waals surface area contributed by atoms with Crippen molar-refractivity contribution >= 4 is 12.3 Å². The van der Waals surface area contributed by atoms with Gasteiger partial charge in [0, 0.05) is 5.56 Å². The quantitative estimate of drug-likeness (QED) is 0.659. The van der Waals surface area contributed by atoms with Gasteiger partial charge in [0.2, 0.25) is 6.41 Å². The van der Waals surface area contributed by atoms with Crippen LogP contribution in [-0.4, -0.2) is 12.3 Å². The molecule has 1 aromatic rings. The summed E-state index contributed by atoms with van der Waals surface area (Å²) in [5.41, 5.74) is 0.253. The van der Waals surface area contributed by atoms with Crippen LogP contribution in [0.4, 0.5) is 4.39 Å². The first-order valence-electron chi connectivity index (χ1n) is 3.24. The van der Waals surface area contributed by atoms with Crippen LogP contribution in [-0.2, 0) is 4.79 Å². The second kappa shape index (κ2) is 3.61. The Labute approximate surface area is 68.2 Å². The molecule has 1 aromatic carbocycles. The summed E-state index contributed by atoms with van der Waals surface area (Å²) < 4.78 is 12.3. The van der Waals surface area contributed by atoms with Crippen LogP contribution in [0.1, 0.15) is 10.4 Å². The van der Waals surface area contributed by atoms with E-state index >= 15 is 0 Å². The van der Waals surface area contributed by atoms with E-state index in [1.54, 1.807) is 0 Å². The minimum atomic E-state index is -0.537. The summed E-state index contributed by atoms with van der Waals surface area (Å²) in [6.07, 6.45) is 0.283. The summed E-state index contributed by atoms with van der Waals surface area (Å²) in [6.45, 7) is 0. The molecule has 0 aliphatic heterocycles. The average Bonchev–Trinajstić information content (AvgIpc) is 2.06. The number of hydrogen-bond acceptors (Lipinski definition) is 2. The second-order valence-electron chi connectivity index (χ2n) is 2.10. The number of imide groups is 1. The van der Waals surface area contributed by atoms with Crippen LogP contribution < -0.4 is 5.32 Å². The fourth-order valence-corrected chi connectivity index (χ4v) is 0.738. The zero-order valence-electron chi connectivity index (χ0n) is 6.08. The molecule has 0 fully saturated rings. The van der Waals surface area contributed by atoms with E-state index in [2.05, 4.69) is 0 Å². The summed E-state index contributed by atoms with van der Waals surface area (Å²) in [4.78, 5) is 20.7. The van der Waals surface area contributed by atoms with Gasteiger partial charge in [-0.2, -0.15) is 0 Å². The third-order valence-corrected chi connectivity index (χ3v) is 1.30. The van der Waals surface area contributed by atoms with Crippen molar-refractivity contribution in [3.63, 3.8) is 0 Å². The van der Waals surface area contributed by atoms with Crippen molar-refractivity contribution in [2.75, 3.05) is 0 Å². The molecule has 0 atom stereocenters. The maximum atomic E-state index is 12.3. The molecule has 0 aliphatic rings. The van der Waals surface area contributed by atoms with Gasteiger partial charge < -0.3 is 0 Å². The first-order valence-corrected chi connectivity index (χ1v) is 3.24. The van der Waals surface area contributed by atoms with Crippen molar-refractivity contribution in [2.24, 2.45) is 0 Å². The summed E-state index contributed by atoms with van der Waals surface area (Å²) >= 11 is 0. The normalized spacial score (nSPS) is 9.08. The fourth-order valence-electron chi connectivity index (χ4n) is 0.738. The highest BCUT2D eigenvalue weighted by Crippen LogP contribution is 2.01. The Morgan fingerprint density at radius 2 is 1.92 bits per heavy atom. The van der Waals surface area contributed by atoms with Gasteiger partial charge in [-0.05, 0) is 24.3 Å². The van der Waals surface area contributed by atoms with Gasteiger partial charge in [0.25, 0.3) is 5.91 Å². The molecule has 0 bridgehead atoms. The van der Waals surface area contributed by atoms with Crippen molar-refractivity contribution in [1.82, 2.24) is 5.32 Å². The third kappa shape index (κ3) is 1.88. The van der Waals surface area contributed by atoms with E-state index < -0.39 is 11.7 Å². The first-order chi connectivity index (χ1) is 5.74. The Morgan fingerprint density at radius 3 is 2.42 bits per heavy atom. The highest BCUT2D eigenvalue weighted by atomic mass is 19.1. The largest absolute Gasteiger partial charge is 0.295 e. The third-order valence-electron chi connectivity index (χ3n) is 1.30. The van der Waals surface area contributed by atoms with Gasteiger partial charge in [0.1, 0.15) is 5.82 Å². The molecule has 2 amide bonds. The number of carbonyl (C=O) groups is 2. The van der Waals surface area contributed by atoms with Gasteiger partial charge in [-0.1, -0.05) is 0 Å². The van der Waals surface area contributed by atoms with E-state index in [0.717, 1.165) is 12.1 Å². The molecule has 0 radical (unpaired) electrons. The maximum Gasteiger partial charge on any atom is 0.257 e. The van der Waals surface area contributed by atoms with Gasteiger partial charge in [0.15, 0.2) is 0 Å². The molecular weight excluding hydrogens is 161 g/mol. The predicted molar refractivity (Wildman–Crippen MR) is 39.9 cm³/mol. The molecule has 4 heteroatoms. The Kier molecular flexibility index (Phi) is 2.53. The summed E-state index contributed by atoms with van der Waals surface area (Å²) in [5, 5.41) is 1.94. The highest BCUT2D eigenvalue weighted by molar-refractivity contribution is 5.99. The second-order valence-corrected chi connectivity index (χ2v) is 2.10. The van der Waals surface area contributed by atoms with Gasteiger partial charge in [-0.25, -0.2) is 4.39 Å². The molecular formula is C8H6FNO2. The number of amides is 2. The summed E-state index contributed by atoms with van der Waals surface area (Å²) in [6, 6.07) is 4.90. The van der Waals surface area contributed by atoms with Gasteiger partial charge in [-0.3, -0.25) is 14.9 Å². The van der Waals surface area contributed by atoms with Crippen LogP contribution in [0.25, 0.3) is 0 Å². The molecule has 0 saturated carbocycles. The highest BCUT2D eigenvalue weighted by Gasteiger charge is 2.02. The smallest absolute Gasteiger partial charge is 0.257 e. The zero-order valence-corrected chi connectivity index (χ0v) is 6.08. The van der Waals surface area contributed by atoms with E-state index in [9.17, 15) is 14.0 Å². The van der Waals surface area contributed by atoms with E-state index in [4.69, 9.17) is 0 Å². The Balaban J connectivity index is 2.82. The van der Waals surface area contributed by atoms with Crippen molar-refractivity contribution in [2.45, 2.75) is 0 Å². The molecule has 1 N–H and O–H groups in total. The lowest BCUT2D eigenvalue weighted by Crippen LogP contribution is -2.20. The van der Waals surface area contributed by atoms with Crippen LogP contribution in [0, 0.1) is 5.82 Å². The monoisotopic (exact) mass is 167 g/mol. The lowest BCUT2D eigenvalue weighted by atomic mass is 10.2. The Bertz CT molecular complexity index is 294. The Morgan fingerprint density at radius 1 is 1.33 bits per heavy atom. The Hall–Kier alpha value is -1.71. The number of nitrogens with one attached hydrogen (secondary N) is 1. The fraction of sp³-hybridized carbons (Fsp3) is 0. The van der Waals surface area contributed by atoms with Crippen molar-refractivity contribution in [3.05, 3.63) is 35.6 Å². The number of hydrogen-bond donors (Lipinski definition) is 1. The summed E-state index contributed by atoms with van der Waals surface area (Å²) in [5.74, 6) is -0.956. The molecule has 0 heterocycles. The molecule has 0 saturated heterocycles. The SMILES string of the molecule is O=CNC(=O)c1ccc(F)cc1. The van der Waals surface area contributed by atoms with E-state index in [1.807, 2.05) is 5.32 Å². The molecule has 62 valence electrons. The van der Waals surface area contributed by atoms with Crippen molar-refractivity contribution < 1.29 is 14.0 Å². The average molecular weight is 167 g/mol. The van der Waals surface area contributed by atoms with Gasteiger partial charge in [-0.15, -0.1) is 0 Å². The van der Waals surface area contributed by atoms with Gasteiger partial charge in [0.05, 0.1) is 0 Å². The van der Waals surface area contributed by atoms with E-state index in [1.165, 1.54) is 12.1 Å². The van der Waals surface area contributed by atoms with E-state index in [0.29, 0.717) is 0 Å². The van der Waals surface area contributed by atoms with Crippen LogP contribution in [0.2, 0.25) is 0 Å². The number of rotatable bonds is 2. The molecule has 12 heavy (non-hydrogen) atoms. The minimum Gasteiger partial charge on any atom is -0.295 e. The van der Waals surface area contributed by atoms with Gasteiger partial charge >= 0.3 is 0 Å². The van der Waals surface area contributed by atoms with Crippen LogP contribution >= 0.6 is 0 Å². The number of halogens is 1. The van der Waals surface area contributed by atoms with Crippen LogP contribution in [0.5, 0.6) is 0 Å². The van der Waals surface area contributed by atoms with E-state index in [-0.39, 0.29) is 12.0 Å². The molecule has 0 spiro atoms.